The molecule has 0 aliphatic heterocycles. The summed E-state index contributed by atoms with van der Waals surface area (Å²) < 4.78 is 0. The Hall–Kier alpha value is -0.870. The summed E-state index contributed by atoms with van der Waals surface area (Å²) in [6.07, 6.45) is 4.59. The van der Waals surface area contributed by atoms with Gasteiger partial charge in [-0.3, -0.25) is 4.79 Å². The second kappa shape index (κ2) is 5.85. The minimum absolute atomic E-state index is 0.0391. The molecule has 1 amide bonds. The van der Waals surface area contributed by atoms with E-state index < -0.39 is 6.10 Å². The molecule has 1 aliphatic carbocycles. The molecule has 0 spiro atoms. The summed E-state index contributed by atoms with van der Waals surface area (Å²) in [6, 6.07) is 1.85. The van der Waals surface area contributed by atoms with E-state index in [4.69, 9.17) is 0 Å². The van der Waals surface area contributed by atoms with Gasteiger partial charge >= 0.3 is 0 Å². The lowest BCUT2D eigenvalue weighted by atomic mass is 10.1. The van der Waals surface area contributed by atoms with Gasteiger partial charge in [0.05, 0.1) is 17.7 Å². The molecule has 0 radical (unpaired) electrons. The molecule has 2 unspecified atom stereocenters. The molecule has 0 aromatic carbocycles. The highest BCUT2D eigenvalue weighted by molar-refractivity contribution is 7.12. The quantitative estimate of drug-likeness (QED) is 0.810. The van der Waals surface area contributed by atoms with E-state index in [9.17, 15) is 9.90 Å². The van der Waals surface area contributed by atoms with Gasteiger partial charge in [-0.25, -0.2) is 0 Å². The van der Waals surface area contributed by atoms with Crippen molar-refractivity contribution in [3.8, 4) is 0 Å². The van der Waals surface area contributed by atoms with E-state index in [1.54, 1.807) is 11.3 Å². The van der Waals surface area contributed by atoms with Crippen molar-refractivity contribution in [3.63, 3.8) is 0 Å². The number of rotatable bonds is 2. The van der Waals surface area contributed by atoms with Gasteiger partial charge in [0.15, 0.2) is 0 Å². The second-order valence-electron chi connectivity index (χ2n) is 5.11. The highest BCUT2D eigenvalue weighted by Crippen LogP contribution is 2.22. The lowest BCUT2D eigenvalue weighted by Crippen LogP contribution is -2.42. The first kappa shape index (κ1) is 13.6. The van der Waals surface area contributed by atoms with Gasteiger partial charge in [0.1, 0.15) is 0 Å². The zero-order chi connectivity index (χ0) is 13.1. The number of thiophene rings is 1. The van der Waals surface area contributed by atoms with E-state index in [2.05, 4.69) is 5.32 Å². The molecule has 2 N–H and O–H groups in total. The predicted molar refractivity (Wildman–Crippen MR) is 74.1 cm³/mol. The van der Waals surface area contributed by atoms with Crippen molar-refractivity contribution in [1.29, 1.82) is 0 Å². The van der Waals surface area contributed by atoms with E-state index in [-0.39, 0.29) is 11.9 Å². The van der Waals surface area contributed by atoms with E-state index in [1.807, 2.05) is 19.9 Å². The van der Waals surface area contributed by atoms with E-state index in [1.165, 1.54) is 0 Å². The molecule has 18 heavy (non-hydrogen) atoms. The van der Waals surface area contributed by atoms with Gasteiger partial charge < -0.3 is 10.4 Å². The van der Waals surface area contributed by atoms with Gasteiger partial charge in [-0.1, -0.05) is 19.3 Å². The van der Waals surface area contributed by atoms with Crippen LogP contribution in [0.1, 0.15) is 52.2 Å². The molecule has 1 fully saturated rings. The first-order valence-electron chi connectivity index (χ1n) is 6.64. The number of carbonyl (C=O) groups excluding carboxylic acids is 1. The van der Waals surface area contributed by atoms with Crippen molar-refractivity contribution in [2.45, 2.75) is 58.1 Å². The van der Waals surface area contributed by atoms with Crippen LogP contribution < -0.4 is 5.32 Å². The van der Waals surface area contributed by atoms with E-state index >= 15 is 0 Å². The van der Waals surface area contributed by atoms with Crippen LogP contribution in [-0.4, -0.2) is 23.2 Å². The molecule has 2 atom stereocenters. The van der Waals surface area contributed by atoms with Crippen LogP contribution in [0.4, 0.5) is 0 Å². The van der Waals surface area contributed by atoms with Crippen molar-refractivity contribution < 1.29 is 9.90 Å². The molecule has 1 aromatic heterocycles. The SMILES string of the molecule is Cc1cc(C(=O)NC2CCCCCC2O)c(C)s1. The summed E-state index contributed by atoms with van der Waals surface area (Å²) in [6.45, 7) is 3.98. The van der Waals surface area contributed by atoms with Crippen molar-refractivity contribution in [2.75, 3.05) is 0 Å². The number of aryl methyl sites for hydroxylation is 2. The standard InChI is InChI=1S/C14H21NO2S/c1-9-8-11(10(2)18-9)14(17)15-12-6-4-3-5-7-13(12)16/h8,12-13,16H,3-7H2,1-2H3,(H,15,17). The summed E-state index contributed by atoms with van der Waals surface area (Å²) in [5, 5.41) is 13.0. The molecular weight excluding hydrogens is 246 g/mol. The molecule has 1 heterocycles. The number of aliphatic hydroxyl groups excluding tert-OH is 1. The van der Waals surface area contributed by atoms with Crippen LogP contribution >= 0.6 is 11.3 Å². The summed E-state index contributed by atoms with van der Waals surface area (Å²) in [7, 11) is 0. The maximum absolute atomic E-state index is 12.2. The van der Waals surface area contributed by atoms with Crippen molar-refractivity contribution in [2.24, 2.45) is 0 Å². The normalized spacial score (nSPS) is 24.6. The summed E-state index contributed by atoms with van der Waals surface area (Å²) in [5.41, 5.74) is 0.758. The number of amides is 1. The average Bonchev–Trinajstić information content (AvgIpc) is 2.52. The molecule has 100 valence electrons. The Kier molecular flexibility index (Phi) is 4.40. The maximum Gasteiger partial charge on any atom is 0.252 e. The van der Waals surface area contributed by atoms with E-state index in [0.29, 0.717) is 0 Å². The molecule has 2 rings (SSSR count). The van der Waals surface area contributed by atoms with Crippen LogP contribution in [0.5, 0.6) is 0 Å². The van der Waals surface area contributed by atoms with Crippen molar-refractivity contribution in [1.82, 2.24) is 5.32 Å². The smallest absolute Gasteiger partial charge is 0.252 e. The third kappa shape index (κ3) is 3.12. The van der Waals surface area contributed by atoms with Crippen LogP contribution in [0, 0.1) is 13.8 Å². The number of carbonyl (C=O) groups is 1. The molecule has 4 heteroatoms. The van der Waals surface area contributed by atoms with Gasteiger partial charge in [-0.05, 0) is 32.8 Å². The molecule has 3 nitrogen and oxygen atoms in total. The van der Waals surface area contributed by atoms with Crippen LogP contribution in [0.25, 0.3) is 0 Å². The summed E-state index contributed by atoms with van der Waals surface area (Å²) in [5.74, 6) is -0.0391. The van der Waals surface area contributed by atoms with Crippen LogP contribution in [0.2, 0.25) is 0 Å². The average molecular weight is 267 g/mol. The van der Waals surface area contributed by atoms with Crippen LogP contribution in [-0.2, 0) is 0 Å². The van der Waals surface area contributed by atoms with Gasteiger partial charge in [0.2, 0.25) is 0 Å². The zero-order valence-electron chi connectivity index (χ0n) is 11.0. The Labute approximate surface area is 112 Å². The maximum atomic E-state index is 12.2. The number of hydrogen-bond donors (Lipinski definition) is 2. The first-order valence-corrected chi connectivity index (χ1v) is 7.45. The van der Waals surface area contributed by atoms with Crippen molar-refractivity contribution >= 4 is 17.2 Å². The summed E-state index contributed by atoms with van der Waals surface area (Å²) in [4.78, 5) is 14.4. The lowest BCUT2D eigenvalue weighted by Gasteiger charge is -2.21. The molecule has 1 saturated carbocycles. The fraction of sp³-hybridized carbons (Fsp3) is 0.643. The zero-order valence-corrected chi connectivity index (χ0v) is 11.8. The number of nitrogens with one attached hydrogen (secondary N) is 1. The third-order valence-corrected chi connectivity index (χ3v) is 4.55. The Bertz CT molecular complexity index is 427. The van der Waals surface area contributed by atoms with Gasteiger partial charge in [-0.15, -0.1) is 11.3 Å². The fourth-order valence-corrected chi connectivity index (χ4v) is 3.48. The highest BCUT2D eigenvalue weighted by atomic mass is 32.1. The second-order valence-corrected chi connectivity index (χ2v) is 6.57. The largest absolute Gasteiger partial charge is 0.391 e. The Balaban J connectivity index is 2.04. The molecular formula is C14H21NO2S. The van der Waals surface area contributed by atoms with Gasteiger partial charge in [0.25, 0.3) is 5.91 Å². The highest BCUT2D eigenvalue weighted by Gasteiger charge is 2.24. The van der Waals surface area contributed by atoms with Crippen LogP contribution in [0.15, 0.2) is 6.07 Å². The van der Waals surface area contributed by atoms with Crippen molar-refractivity contribution in [3.05, 3.63) is 21.4 Å². The molecule has 0 saturated heterocycles. The predicted octanol–water partition coefficient (Wildman–Crippen LogP) is 2.79. The monoisotopic (exact) mass is 267 g/mol. The Morgan fingerprint density at radius 3 is 2.72 bits per heavy atom. The van der Waals surface area contributed by atoms with E-state index in [0.717, 1.165) is 47.4 Å². The fourth-order valence-electron chi connectivity index (χ4n) is 2.56. The molecule has 0 bridgehead atoms. The molecule has 1 aromatic rings. The number of aliphatic hydroxyl groups is 1. The van der Waals surface area contributed by atoms with Gasteiger partial charge in [0, 0.05) is 9.75 Å². The lowest BCUT2D eigenvalue weighted by molar-refractivity contribution is 0.0818. The minimum atomic E-state index is -0.392. The first-order chi connectivity index (χ1) is 8.58. The Morgan fingerprint density at radius 1 is 1.33 bits per heavy atom. The minimum Gasteiger partial charge on any atom is -0.391 e. The Morgan fingerprint density at radius 2 is 2.06 bits per heavy atom. The van der Waals surface area contributed by atoms with Gasteiger partial charge in [-0.2, -0.15) is 0 Å². The summed E-state index contributed by atoms with van der Waals surface area (Å²) >= 11 is 1.64. The number of hydrogen-bond acceptors (Lipinski definition) is 3. The molecule has 1 aliphatic rings. The third-order valence-electron chi connectivity index (χ3n) is 3.58. The van der Waals surface area contributed by atoms with Crippen LogP contribution in [0.3, 0.4) is 0 Å². The topological polar surface area (TPSA) is 49.3 Å².